The molecule has 0 bridgehead atoms. The van der Waals surface area contributed by atoms with Gasteiger partial charge in [0.1, 0.15) is 0 Å². The van der Waals surface area contributed by atoms with E-state index in [0.717, 1.165) is 0 Å². The topological polar surface area (TPSA) is 20.7 Å². The fourth-order valence-corrected chi connectivity index (χ4v) is 5.73. The van der Waals surface area contributed by atoms with Gasteiger partial charge in [-0.05, 0) is 57.9 Å². The van der Waals surface area contributed by atoms with E-state index in [2.05, 4.69) is 125 Å². The molecular formula is C32H20N2. The number of aromatic amines is 1. The normalized spacial score (nSPS) is 12.1. The van der Waals surface area contributed by atoms with E-state index in [9.17, 15) is 0 Å². The molecule has 34 heavy (non-hydrogen) atoms. The maximum absolute atomic E-state index is 3.69. The Hall–Kier alpha value is -4.56. The van der Waals surface area contributed by atoms with E-state index in [4.69, 9.17) is 0 Å². The third-order valence-electron chi connectivity index (χ3n) is 7.27. The number of nitrogens with one attached hydrogen (secondary N) is 1. The molecule has 0 radical (unpaired) electrons. The van der Waals surface area contributed by atoms with Crippen LogP contribution in [0.4, 0.5) is 0 Å². The zero-order valence-electron chi connectivity index (χ0n) is 18.4. The predicted octanol–water partition coefficient (Wildman–Crippen LogP) is 8.72. The molecule has 0 saturated heterocycles. The van der Waals surface area contributed by atoms with Crippen LogP contribution in [0.25, 0.3) is 70.8 Å². The van der Waals surface area contributed by atoms with Crippen LogP contribution >= 0.6 is 0 Å². The molecule has 0 fully saturated rings. The first-order valence-electron chi connectivity index (χ1n) is 11.7. The van der Waals surface area contributed by atoms with Crippen LogP contribution in [0.1, 0.15) is 0 Å². The molecule has 0 aliphatic rings. The summed E-state index contributed by atoms with van der Waals surface area (Å²) in [7, 11) is 0. The second-order valence-electron chi connectivity index (χ2n) is 9.13. The lowest BCUT2D eigenvalue weighted by Crippen LogP contribution is -1.93. The summed E-state index contributed by atoms with van der Waals surface area (Å²) in [4.78, 5) is 3.69. The van der Waals surface area contributed by atoms with Crippen LogP contribution in [0.2, 0.25) is 0 Å². The van der Waals surface area contributed by atoms with Crippen molar-refractivity contribution in [1.29, 1.82) is 0 Å². The predicted molar refractivity (Wildman–Crippen MR) is 145 cm³/mol. The van der Waals surface area contributed by atoms with Gasteiger partial charge in [0.25, 0.3) is 0 Å². The summed E-state index contributed by atoms with van der Waals surface area (Å²) in [6.07, 6.45) is 0. The SMILES string of the molecule is c1ccc2cc(-n3c4ccccc4c4cc5[nH]c6ccc7ccccc7c6c5cc43)ccc2c1. The molecule has 0 aliphatic heterocycles. The van der Waals surface area contributed by atoms with Gasteiger partial charge in [-0.15, -0.1) is 0 Å². The van der Waals surface area contributed by atoms with Gasteiger partial charge >= 0.3 is 0 Å². The first kappa shape index (κ1) is 17.9. The Balaban J connectivity index is 1.56. The first-order valence-corrected chi connectivity index (χ1v) is 11.7. The molecule has 2 heterocycles. The third kappa shape index (κ3) is 2.35. The molecular weight excluding hydrogens is 412 g/mol. The standard InChI is InChI=1S/C32H20N2/c1-2-9-22-17-23(15-13-20(22)7-1)34-30-12-6-5-11-25(30)26-18-29-27(19-31(26)34)32-24-10-4-3-8-21(24)14-16-28(32)33-29/h1-19,33H. The molecule has 1 N–H and O–H groups in total. The second-order valence-corrected chi connectivity index (χ2v) is 9.13. The Morgan fingerprint density at radius 3 is 2.09 bits per heavy atom. The molecule has 2 heteroatoms. The van der Waals surface area contributed by atoms with Crippen molar-refractivity contribution in [3.63, 3.8) is 0 Å². The van der Waals surface area contributed by atoms with Crippen LogP contribution < -0.4 is 0 Å². The van der Waals surface area contributed by atoms with Crippen LogP contribution in [-0.2, 0) is 0 Å². The monoisotopic (exact) mass is 432 g/mol. The van der Waals surface area contributed by atoms with Gasteiger partial charge in [0.15, 0.2) is 0 Å². The Kier molecular flexibility index (Phi) is 3.42. The van der Waals surface area contributed by atoms with Crippen molar-refractivity contribution in [3.05, 3.63) is 115 Å². The molecule has 0 atom stereocenters. The van der Waals surface area contributed by atoms with Crippen molar-refractivity contribution in [2.75, 3.05) is 0 Å². The van der Waals surface area contributed by atoms with Crippen LogP contribution in [0.5, 0.6) is 0 Å². The van der Waals surface area contributed by atoms with Gasteiger partial charge in [-0.1, -0.05) is 78.9 Å². The number of nitrogens with zero attached hydrogens (tertiary/aromatic N) is 1. The summed E-state index contributed by atoms with van der Waals surface area (Å²) < 4.78 is 2.42. The number of hydrogen-bond donors (Lipinski definition) is 1. The van der Waals surface area contributed by atoms with Crippen molar-refractivity contribution < 1.29 is 0 Å². The van der Waals surface area contributed by atoms with Crippen molar-refractivity contribution in [1.82, 2.24) is 9.55 Å². The highest BCUT2D eigenvalue weighted by atomic mass is 15.0. The van der Waals surface area contributed by atoms with Crippen molar-refractivity contribution in [3.8, 4) is 5.69 Å². The average molecular weight is 433 g/mol. The molecule has 0 unspecified atom stereocenters. The minimum absolute atomic E-state index is 1.18. The highest BCUT2D eigenvalue weighted by Crippen LogP contribution is 2.39. The van der Waals surface area contributed by atoms with Gasteiger partial charge < -0.3 is 9.55 Å². The zero-order valence-corrected chi connectivity index (χ0v) is 18.4. The summed E-state index contributed by atoms with van der Waals surface area (Å²) in [5, 5.41) is 10.2. The summed E-state index contributed by atoms with van der Waals surface area (Å²) in [5.41, 5.74) is 6.02. The first-order chi connectivity index (χ1) is 16.8. The Morgan fingerprint density at radius 1 is 0.441 bits per heavy atom. The fraction of sp³-hybridized carbons (Fsp3) is 0. The van der Waals surface area contributed by atoms with E-state index in [1.165, 1.54) is 70.8 Å². The lowest BCUT2D eigenvalue weighted by Gasteiger charge is -2.09. The second kappa shape index (κ2) is 6.49. The molecule has 8 rings (SSSR count). The molecule has 2 nitrogen and oxygen atoms in total. The Morgan fingerprint density at radius 2 is 1.18 bits per heavy atom. The van der Waals surface area contributed by atoms with Crippen LogP contribution in [0.3, 0.4) is 0 Å². The quantitative estimate of drug-likeness (QED) is 0.268. The largest absolute Gasteiger partial charge is 0.354 e. The van der Waals surface area contributed by atoms with Crippen molar-refractivity contribution >= 4 is 65.2 Å². The van der Waals surface area contributed by atoms with Crippen LogP contribution in [0.15, 0.2) is 115 Å². The minimum atomic E-state index is 1.18. The molecule has 158 valence electrons. The van der Waals surface area contributed by atoms with Crippen LogP contribution in [0, 0.1) is 0 Å². The van der Waals surface area contributed by atoms with E-state index >= 15 is 0 Å². The number of H-pyrrole nitrogens is 1. The van der Waals surface area contributed by atoms with Gasteiger partial charge in [-0.25, -0.2) is 0 Å². The lowest BCUT2D eigenvalue weighted by atomic mass is 10.0. The van der Waals surface area contributed by atoms with E-state index in [1.54, 1.807) is 0 Å². The van der Waals surface area contributed by atoms with E-state index < -0.39 is 0 Å². The third-order valence-corrected chi connectivity index (χ3v) is 7.27. The molecule has 0 spiro atoms. The minimum Gasteiger partial charge on any atom is -0.354 e. The Labute approximate surface area is 195 Å². The fourth-order valence-electron chi connectivity index (χ4n) is 5.73. The molecule has 0 amide bonds. The summed E-state index contributed by atoms with van der Waals surface area (Å²) >= 11 is 0. The molecule has 6 aromatic carbocycles. The van der Waals surface area contributed by atoms with Gasteiger partial charge in [0, 0.05) is 38.3 Å². The summed E-state index contributed by atoms with van der Waals surface area (Å²) in [6.45, 7) is 0. The van der Waals surface area contributed by atoms with Gasteiger partial charge in [0.2, 0.25) is 0 Å². The summed E-state index contributed by atoms with van der Waals surface area (Å²) in [5.74, 6) is 0. The van der Waals surface area contributed by atoms with Crippen molar-refractivity contribution in [2.45, 2.75) is 0 Å². The number of hydrogen-bond acceptors (Lipinski definition) is 0. The number of benzene rings is 6. The number of para-hydroxylation sites is 1. The molecule has 0 saturated carbocycles. The highest BCUT2D eigenvalue weighted by molar-refractivity contribution is 6.24. The average Bonchev–Trinajstić information content (AvgIpc) is 3.42. The molecule has 2 aromatic heterocycles. The van der Waals surface area contributed by atoms with E-state index in [1.807, 2.05) is 0 Å². The number of rotatable bonds is 1. The highest BCUT2D eigenvalue weighted by Gasteiger charge is 2.16. The zero-order chi connectivity index (χ0) is 22.2. The summed E-state index contributed by atoms with van der Waals surface area (Å²) in [6, 6.07) is 41.9. The number of aromatic nitrogens is 2. The lowest BCUT2D eigenvalue weighted by molar-refractivity contribution is 1.19. The smallest absolute Gasteiger partial charge is 0.0548 e. The van der Waals surface area contributed by atoms with Crippen molar-refractivity contribution in [2.24, 2.45) is 0 Å². The Bertz CT molecular complexity index is 2070. The maximum Gasteiger partial charge on any atom is 0.0548 e. The molecule has 8 aromatic rings. The molecule has 0 aliphatic carbocycles. The van der Waals surface area contributed by atoms with Crippen LogP contribution in [-0.4, -0.2) is 9.55 Å². The van der Waals surface area contributed by atoms with E-state index in [0.29, 0.717) is 0 Å². The van der Waals surface area contributed by atoms with E-state index in [-0.39, 0.29) is 0 Å². The van der Waals surface area contributed by atoms with Gasteiger partial charge in [-0.2, -0.15) is 0 Å². The van der Waals surface area contributed by atoms with Gasteiger partial charge in [0.05, 0.1) is 11.0 Å². The number of fused-ring (bicyclic) bond motifs is 9. The maximum atomic E-state index is 3.69. The van der Waals surface area contributed by atoms with Gasteiger partial charge in [-0.3, -0.25) is 0 Å².